The molecule has 82 valence electrons. The molecule has 0 saturated carbocycles. The van der Waals surface area contributed by atoms with E-state index in [-0.39, 0.29) is 0 Å². The van der Waals surface area contributed by atoms with E-state index in [1.54, 1.807) is 24.3 Å². The zero-order valence-electron chi connectivity index (χ0n) is 8.53. The van der Waals surface area contributed by atoms with Crippen molar-refractivity contribution in [1.82, 2.24) is 0 Å². The maximum absolute atomic E-state index is 11.1. The summed E-state index contributed by atoms with van der Waals surface area (Å²) in [7, 11) is 0. The lowest BCUT2D eigenvalue weighted by Crippen LogP contribution is -2.11. The fourth-order valence-electron chi connectivity index (χ4n) is 0.928. The molecule has 3 nitrogen and oxygen atoms in total. The fourth-order valence-corrected chi connectivity index (χ4v) is 1.19. The van der Waals surface area contributed by atoms with Gasteiger partial charge in [0, 0.05) is 4.47 Å². The van der Waals surface area contributed by atoms with E-state index in [9.17, 15) is 4.79 Å². The molecule has 0 aliphatic carbocycles. The highest BCUT2D eigenvalue weighted by Gasteiger charge is 2.04. The highest BCUT2D eigenvalue weighted by Crippen LogP contribution is 2.16. The van der Waals surface area contributed by atoms with E-state index in [0.717, 1.165) is 17.3 Å². The molecule has 4 heteroatoms. The SMILES string of the molecule is CCCCOC(=O)Oc1ccc(Br)cc1. The lowest BCUT2D eigenvalue weighted by molar-refractivity contribution is 0.0978. The molecule has 15 heavy (non-hydrogen) atoms. The van der Waals surface area contributed by atoms with Crippen LogP contribution < -0.4 is 4.74 Å². The molecule has 0 unspecified atom stereocenters. The fraction of sp³-hybridized carbons (Fsp3) is 0.364. The number of benzene rings is 1. The Kier molecular flexibility index (Phi) is 5.18. The van der Waals surface area contributed by atoms with Crippen LogP contribution in [0.4, 0.5) is 4.79 Å². The van der Waals surface area contributed by atoms with Crippen LogP contribution in [0.3, 0.4) is 0 Å². The van der Waals surface area contributed by atoms with Crippen LogP contribution in [0.5, 0.6) is 5.75 Å². The smallest absolute Gasteiger partial charge is 0.434 e. The van der Waals surface area contributed by atoms with Crippen molar-refractivity contribution in [1.29, 1.82) is 0 Å². The average molecular weight is 273 g/mol. The molecule has 0 radical (unpaired) electrons. The molecule has 0 aliphatic rings. The van der Waals surface area contributed by atoms with Gasteiger partial charge >= 0.3 is 6.16 Å². The summed E-state index contributed by atoms with van der Waals surface area (Å²) >= 11 is 3.29. The lowest BCUT2D eigenvalue weighted by atomic mass is 10.3. The number of ether oxygens (including phenoxy) is 2. The molecular formula is C11H13BrO3. The van der Waals surface area contributed by atoms with Crippen molar-refractivity contribution in [3.05, 3.63) is 28.7 Å². The van der Waals surface area contributed by atoms with E-state index in [2.05, 4.69) is 15.9 Å². The van der Waals surface area contributed by atoms with Gasteiger partial charge in [-0.05, 0) is 30.7 Å². The average Bonchev–Trinajstić information content (AvgIpc) is 2.22. The summed E-state index contributed by atoms with van der Waals surface area (Å²) in [4.78, 5) is 11.1. The summed E-state index contributed by atoms with van der Waals surface area (Å²) in [6, 6.07) is 7.00. The van der Waals surface area contributed by atoms with Crippen LogP contribution in [0.15, 0.2) is 28.7 Å². The third-order valence-corrected chi connectivity index (χ3v) is 2.26. The van der Waals surface area contributed by atoms with E-state index >= 15 is 0 Å². The quantitative estimate of drug-likeness (QED) is 0.476. The summed E-state index contributed by atoms with van der Waals surface area (Å²) in [5.74, 6) is 0.486. The number of hydrogen-bond donors (Lipinski definition) is 0. The van der Waals surface area contributed by atoms with Crippen LogP contribution in [0.1, 0.15) is 19.8 Å². The molecule has 0 spiro atoms. The van der Waals surface area contributed by atoms with E-state index in [1.165, 1.54) is 0 Å². The summed E-state index contributed by atoms with van der Waals surface area (Å²) in [6.45, 7) is 2.44. The third-order valence-electron chi connectivity index (χ3n) is 1.73. The van der Waals surface area contributed by atoms with Gasteiger partial charge in [-0.2, -0.15) is 0 Å². The van der Waals surface area contributed by atoms with Crippen molar-refractivity contribution < 1.29 is 14.3 Å². The molecule has 0 heterocycles. The Labute approximate surface area is 97.5 Å². The number of unbranched alkanes of at least 4 members (excludes halogenated alkanes) is 1. The highest BCUT2D eigenvalue weighted by molar-refractivity contribution is 9.10. The van der Waals surface area contributed by atoms with Crippen LogP contribution in [-0.4, -0.2) is 12.8 Å². The zero-order chi connectivity index (χ0) is 11.1. The van der Waals surface area contributed by atoms with Crippen LogP contribution in [0.25, 0.3) is 0 Å². The first-order valence-electron chi connectivity index (χ1n) is 4.82. The van der Waals surface area contributed by atoms with Gasteiger partial charge in [0.15, 0.2) is 0 Å². The maximum atomic E-state index is 11.1. The van der Waals surface area contributed by atoms with Gasteiger partial charge in [-0.15, -0.1) is 0 Å². The van der Waals surface area contributed by atoms with Gasteiger partial charge in [0.1, 0.15) is 5.75 Å². The summed E-state index contributed by atoms with van der Waals surface area (Å²) in [5.41, 5.74) is 0. The number of halogens is 1. The first kappa shape index (κ1) is 12.0. The van der Waals surface area contributed by atoms with Gasteiger partial charge in [0.2, 0.25) is 0 Å². The predicted octanol–water partition coefficient (Wildman–Crippen LogP) is 3.76. The van der Waals surface area contributed by atoms with Crippen molar-refractivity contribution in [2.24, 2.45) is 0 Å². The van der Waals surface area contributed by atoms with Gasteiger partial charge in [-0.1, -0.05) is 29.3 Å². The van der Waals surface area contributed by atoms with E-state index in [0.29, 0.717) is 12.4 Å². The van der Waals surface area contributed by atoms with E-state index < -0.39 is 6.16 Å². The van der Waals surface area contributed by atoms with Crippen molar-refractivity contribution >= 4 is 22.1 Å². The van der Waals surface area contributed by atoms with Crippen LogP contribution in [-0.2, 0) is 4.74 Å². The van der Waals surface area contributed by atoms with Gasteiger partial charge in [0.25, 0.3) is 0 Å². The van der Waals surface area contributed by atoms with Crippen LogP contribution in [0.2, 0.25) is 0 Å². The Morgan fingerprint density at radius 3 is 2.60 bits per heavy atom. The predicted molar refractivity (Wildman–Crippen MR) is 61.0 cm³/mol. The zero-order valence-corrected chi connectivity index (χ0v) is 10.1. The van der Waals surface area contributed by atoms with Crippen molar-refractivity contribution in [3.63, 3.8) is 0 Å². The Morgan fingerprint density at radius 1 is 1.33 bits per heavy atom. The van der Waals surface area contributed by atoms with Gasteiger partial charge in [0.05, 0.1) is 6.61 Å². The number of hydrogen-bond acceptors (Lipinski definition) is 3. The summed E-state index contributed by atoms with van der Waals surface area (Å²) in [5, 5.41) is 0. The Morgan fingerprint density at radius 2 is 2.00 bits per heavy atom. The Balaban J connectivity index is 2.34. The Hall–Kier alpha value is -1.03. The second-order valence-electron chi connectivity index (χ2n) is 3.01. The maximum Gasteiger partial charge on any atom is 0.513 e. The molecule has 0 atom stereocenters. The van der Waals surface area contributed by atoms with Crippen LogP contribution >= 0.6 is 15.9 Å². The minimum atomic E-state index is -0.647. The molecule has 0 fully saturated rings. The first-order chi connectivity index (χ1) is 7.22. The van der Waals surface area contributed by atoms with Crippen molar-refractivity contribution in [3.8, 4) is 5.75 Å². The third kappa shape index (κ3) is 4.83. The first-order valence-corrected chi connectivity index (χ1v) is 5.62. The lowest BCUT2D eigenvalue weighted by Gasteiger charge is -2.04. The molecule has 1 rings (SSSR count). The second-order valence-corrected chi connectivity index (χ2v) is 3.92. The molecular weight excluding hydrogens is 260 g/mol. The van der Waals surface area contributed by atoms with Gasteiger partial charge in [-0.3, -0.25) is 0 Å². The molecule has 0 amide bonds. The second kappa shape index (κ2) is 6.45. The normalized spacial score (nSPS) is 9.73. The molecule has 0 aliphatic heterocycles. The van der Waals surface area contributed by atoms with Crippen LogP contribution in [0, 0.1) is 0 Å². The summed E-state index contributed by atoms with van der Waals surface area (Å²) in [6.07, 6.45) is 1.20. The minimum absolute atomic E-state index is 0.409. The topological polar surface area (TPSA) is 35.5 Å². The van der Waals surface area contributed by atoms with Crippen molar-refractivity contribution in [2.75, 3.05) is 6.61 Å². The van der Waals surface area contributed by atoms with Crippen molar-refractivity contribution in [2.45, 2.75) is 19.8 Å². The van der Waals surface area contributed by atoms with Gasteiger partial charge < -0.3 is 9.47 Å². The summed E-state index contributed by atoms with van der Waals surface area (Å²) < 4.78 is 10.7. The van der Waals surface area contributed by atoms with E-state index in [1.807, 2.05) is 6.92 Å². The monoisotopic (exact) mass is 272 g/mol. The van der Waals surface area contributed by atoms with E-state index in [4.69, 9.17) is 9.47 Å². The largest absolute Gasteiger partial charge is 0.513 e. The molecule has 1 aromatic rings. The van der Waals surface area contributed by atoms with Gasteiger partial charge in [-0.25, -0.2) is 4.79 Å². The highest BCUT2D eigenvalue weighted by atomic mass is 79.9. The molecule has 0 aromatic heterocycles. The molecule has 0 bridgehead atoms. The molecule has 1 aromatic carbocycles. The number of rotatable bonds is 4. The molecule has 0 N–H and O–H groups in total. The Bertz CT molecular complexity index is 308. The standard InChI is InChI=1S/C11H13BrO3/c1-2-3-8-14-11(13)15-10-6-4-9(12)5-7-10/h4-7H,2-3,8H2,1H3. The number of carbonyl (C=O) groups excluding carboxylic acids is 1. The molecule has 0 saturated heterocycles. The number of carbonyl (C=O) groups is 1. The minimum Gasteiger partial charge on any atom is -0.434 e.